The van der Waals surface area contributed by atoms with Crippen molar-refractivity contribution in [2.75, 3.05) is 47.5 Å². The Labute approximate surface area is 368 Å². The van der Waals surface area contributed by atoms with Gasteiger partial charge in [-0.15, -0.1) is 0 Å². The molecule has 61 heavy (non-hydrogen) atoms. The molecule has 0 heterocycles. The number of phosphoric ester groups is 1. The number of phosphoric acid groups is 1. The fraction of sp³-hybridized carbons (Fsp3) is 0.729. The maximum absolute atomic E-state index is 12.8. The normalized spacial score (nSPS) is 19.5. The first-order valence-corrected chi connectivity index (χ1v) is 24.6. The smallest absolute Gasteiger partial charge is 0.462 e. The number of rotatable bonds is 37. The van der Waals surface area contributed by atoms with Crippen LogP contribution in [0.3, 0.4) is 0 Å². The highest BCUT2D eigenvalue weighted by molar-refractivity contribution is 7.47. The van der Waals surface area contributed by atoms with Crippen molar-refractivity contribution in [1.29, 1.82) is 0 Å². The zero-order valence-electron chi connectivity index (χ0n) is 38.3. The summed E-state index contributed by atoms with van der Waals surface area (Å²) in [5.41, 5.74) is 0. The summed E-state index contributed by atoms with van der Waals surface area (Å²) < 4.78 is 34.3. The van der Waals surface area contributed by atoms with E-state index in [-0.39, 0.29) is 50.1 Å². The van der Waals surface area contributed by atoms with Crippen molar-refractivity contribution >= 4 is 25.5 Å². The Bertz CT molecular complexity index is 1390. The first-order valence-electron chi connectivity index (χ1n) is 23.1. The third kappa shape index (κ3) is 31.7. The number of unbranched alkanes of at least 4 members (excludes halogenated alkanes) is 9. The summed E-state index contributed by atoms with van der Waals surface area (Å²) >= 11 is 0. The molecule has 1 fully saturated rings. The molecule has 0 bridgehead atoms. The fourth-order valence-corrected chi connectivity index (χ4v) is 7.52. The van der Waals surface area contributed by atoms with Crippen LogP contribution < -0.4 is 0 Å². The molecule has 3 N–H and O–H groups in total. The molecular formula is C48H83NO11P+. The average molecular weight is 881 g/mol. The van der Waals surface area contributed by atoms with E-state index in [2.05, 4.69) is 62.5 Å². The van der Waals surface area contributed by atoms with Crippen molar-refractivity contribution in [3.63, 3.8) is 0 Å². The highest BCUT2D eigenvalue weighted by Crippen LogP contribution is 2.43. The summed E-state index contributed by atoms with van der Waals surface area (Å²) in [6, 6.07) is 0. The number of carbonyl (C=O) groups excluding carboxylic acids is 3. The van der Waals surface area contributed by atoms with Gasteiger partial charge < -0.3 is 29.1 Å². The number of Topliss-reactive ketones (excluding diaryl/α,β-unsaturated/α-hetero) is 1. The molecule has 0 radical (unpaired) electrons. The molecule has 0 spiro atoms. The van der Waals surface area contributed by atoms with Gasteiger partial charge in [0.2, 0.25) is 0 Å². The number of quaternary nitrogens is 1. The summed E-state index contributed by atoms with van der Waals surface area (Å²) in [5.74, 6) is -1.54. The third-order valence-corrected chi connectivity index (χ3v) is 11.4. The van der Waals surface area contributed by atoms with Crippen molar-refractivity contribution in [3.8, 4) is 0 Å². The molecule has 0 saturated heterocycles. The molecule has 1 rings (SSSR count). The van der Waals surface area contributed by atoms with Gasteiger partial charge in [0.1, 0.15) is 25.5 Å². The molecule has 0 aromatic rings. The van der Waals surface area contributed by atoms with Gasteiger partial charge in [0, 0.05) is 31.1 Å². The molecule has 0 aliphatic heterocycles. The second-order valence-electron chi connectivity index (χ2n) is 17.2. The second-order valence-corrected chi connectivity index (χ2v) is 18.6. The van der Waals surface area contributed by atoms with Gasteiger partial charge in [-0.05, 0) is 64.2 Å². The van der Waals surface area contributed by atoms with Crippen molar-refractivity contribution in [1.82, 2.24) is 0 Å². The number of esters is 2. The number of likely N-dealkylation sites (N-methyl/N-ethyl adjacent to an activating group) is 1. The molecule has 13 heteroatoms. The van der Waals surface area contributed by atoms with Crippen LogP contribution in [0.4, 0.5) is 0 Å². The van der Waals surface area contributed by atoms with Gasteiger partial charge in [0.15, 0.2) is 6.10 Å². The lowest BCUT2D eigenvalue weighted by atomic mass is 9.88. The number of hydrogen-bond donors (Lipinski definition) is 3. The fourth-order valence-electron chi connectivity index (χ4n) is 6.78. The number of aliphatic hydroxyl groups is 2. The Morgan fingerprint density at radius 1 is 0.787 bits per heavy atom. The summed E-state index contributed by atoms with van der Waals surface area (Å²) in [4.78, 5) is 48.3. The van der Waals surface area contributed by atoms with Gasteiger partial charge in [-0.25, -0.2) is 4.57 Å². The van der Waals surface area contributed by atoms with Crippen LogP contribution in [-0.4, -0.2) is 103 Å². The van der Waals surface area contributed by atoms with Crippen LogP contribution in [0.15, 0.2) is 60.8 Å². The van der Waals surface area contributed by atoms with Gasteiger partial charge in [-0.3, -0.25) is 23.4 Å². The molecule has 350 valence electrons. The summed E-state index contributed by atoms with van der Waals surface area (Å²) in [5, 5.41) is 20.8. The minimum atomic E-state index is -4.45. The summed E-state index contributed by atoms with van der Waals surface area (Å²) in [6.07, 6.45) is 34.5. The van der Waals surface area contributed by atoms with Gasteiger partial charge in [-0.2, -0.15) is 0 Å². The van der Waals surface area contributed by atoms with Gasteiger partial charge >= 0.3 is 19.8 Å². The largest absolute Gasteiger partial charge is 0.472 e. The van der Waals surface area contributed by atoms with Crippen LogP contribution in [0.5, 0.6) is 0 Å². The van der Waals surface area contributed by atoms with E-state index in [9.17, 15) is 34.1 Å². The quantitative estimate of drug-likeness (QED) is 0.0179. The topological polar surface area (TPSA) is 166 Å². The van der Waals surface area contributed by atoms with Crippen LogP contribution >= 0.6 is 7.82 Å². The van der Waals surface area contributed by atoms with E-state index >= 15 is 0 Å². The molecule has 6 atom stereocenters. The Balaban J connectivity index is 2.48. The molecule has 12 nitrogen and oxygen atoms in total. The standard InChI is InChI=1S/C48H82NO11P/c1-6-8-10-11-12-13-14-15-16-17-18-19-20-21-22-23-28-32-47(53)57-39-42(40-59-61(55,56)58-37-36-49(3,4)5)60-48(54)33-29-25-24-27-31-43-44(46(52)38-45(43)51)35-34-41(50)30-26-9-7-2/h8,10,12-13,15-16,18-19,34-35,41-44,46,50,52H,6-7,9,11,14,17,20-33,36-40H2,1-5H3/p+1/b10-8-,13-12-,16-15-,19-18-,35-34+/t41-,42+,43+,44+,46+/m0/s1. The van der Waals surface area contributed by atoms with Gasteiger partial charge in [0.05, 0.1) is 40.0 Å². The first kappa shape index (κ1) is 56.3. The van der Waals surface area contributed by atoms with Crippen LogP contribution in [0, 0.1) is 11.8 Å². The molecule has 1 aliphatic carbocycles. The van der Waals surface area contributed by atoms with Crippen LogP contribution in [0.25, 0.3) is 0 Å². The molecule has 0 amide bonds. The van der Waals surface area contributed by atoms with Crippen molar-refractivity contribution in [3.05, 3.63) is 60.8 Å². The van der Waals surface area contributed by atoms with Crippen LogP contribution in [-0.2, 0) is 37.5 Å². The van der Waals surface area contributed by atoms with E-state index in [0.717, 1.165) is 83.5 Å². The number of ketones is 1. The highest BCUT2D eigenvalue weighted by atomic mass is 31.2. The van der Waals surface area contributed by atoms with E-state index in [1.54, 1.807) is 6.08 Å². The SMILES string of the molecule is CC/C=C\C/C=C\C/C=C\C/C=C\CCCCCCC(=O)OC[C@H](COP(=O)(O)OCC[N+](C)(C)C)OC(=O)CCCCCC[C@H]1C(=O)C[C@@H](O)[C@@H]1/C=C/[C@@H](O)CCCCC. The highest BCUT2D eigenvalue weighted by Gasteiger charge is 2.39. The lowest BCUT2D eigenvalue weighted by Crippen LogP contribution is -2.37. The zero-order chi connectivity index (χ0) is 45.2. The van der Waals surface area contributed by atoms with E-state index in [1.807, 2.05) is 27.2 Å². The van der Waals surface area contributed by atoms with Crippen LogP contribution in [0.2, 0.25) is 0 Å². The maximum atomic E-state index is 12.8. The van der Waals surface area contributed by atoms with E-state index < -0.39 is 44.7 Å². The average Bonchev–Trinajstić information content (AvgIpc) is 3.47. The van der Waals surface area contributed by atoms with E-state index in [4.69, 9.17) is 18.5 Å². The Hall–Kier alpha value is -2.70. The summed E-state index contributed by atoms with van der Waals surface area (Å²) in [6.45, 7) is 3.89. The number of allylic oxidation sites excluding steroid dienone is 8. The lowest BCUT2D eigenvalue weighted by molar-refractivity contribution is -0.870. The van der Waals surface area contributed by atoms with Crippen molar-refractivity contribution in [2.24, 2.45) is 11.8 Å². The van der Waals surface area contributed by atoms with E-state index in [0.29, 0.717) is 43.1 Å². The number of ether oxygens (including phenoxy) is 2. The van der Waals surface area contributed by atoms with Crippen molar-refractivity contribution in [2.45, 2.75) is 167 Å². The monoisotopic (exact) mass is 881 g/mol. The Morgan fingerprint density at radius 2 is 1.39 bits per heavy atom. The minimum absolute atomic E-state index is 0.0186. The minimum Gasteiger partial charge on any atom is -0.462 e. The molecule has 0 aromatic carbocycles. The number of carbonyl (C=O) groups is 3. The molecule has 1 aliphatic rings. The first-order chi connectivity index (χ1) is 29.2. The number of nitrogens with zero attached hydrogens (tertiary/aromatic N) is 1. The third-order valence-electron chi connectivity index (χ3n) is 10.4. The predicted octanol–water partition coefficient (Wildman–Crippen LogP) is 9.83. The van der Waals surface area contributed by atoms with Crippen LogP contribution in [0.1, 0.15) is 149 Å². The molecule has 1 unspecified atom stereocenters. The molecule has 0 aromatic heterocycles. The Morgan fingerprint density at radius 3 is 2.03 bits per heavy atom. The van der Waals surface area contributed by atoms with Gasteiger partial charge in [-0.1, -0.05) is 126 Å². The Kier molecular flexibility index (Phi) is 32.1. The molecule has 1 saturated carbocycles. The number of hydrogen-bond acceptors (Lipinski definition) is 10. The maximum Gasteiger partial charge on any atom is 0.472 e. The lowest BCUT2D eigenvalue weighted by Gasteiger charge is -2.24. The molecular weight excluding hydrogens is 797 g/mol. The zero-order valence-corrected chi connectivity index (χ0v) is 39.2. The second kappa shape index (κ2) is 34.7. The number of aliphatic hydroxyl groups excluding tert-OH is 2. The van der Waals surface area contributed by atoms with Gasteiger partial charge in [0.25, 0.3) is 0 Å². The summed E-state index contributed by atoms with van der Waals surface area (Å²) in [7, 11) is 1.31. The predicted molar refractivity (Wildman–Crippen MR) is 243 cm³/mol. The van der Waals surface area contributed by atoms with Crippen molar-refractivity contribution < 1.29 is 57.1 Å². The van der Waals surface area contributed by atoms with E-state index in [1.165, 1.54) is 0 Å².